The minimum atomic E-state index is -0.142. The lowest BCUT2D eigenvalue weighted by atomic mass is 9.95. The van der Waals surface area contributed by atoms with Crippen molar-refractivity contribution >= 4 is 34.6 Å². The van der Waals surface area contributed by atoms with Crippen molar-refractivity contribution in [3.63, 3.8) is 0 Å². The second-order valence-electron chi connectivity index (χ2n) is 6.02. The van der Waals surface area contributed by atoms with Crippen LogP contribution in [0.1, 0.15) is 45.2 Å². The summed E-state index contributed by atoms with van der Waals surface area (Å²) in [6.45, 7) is 7.53. The zero-order chi connectivity index (χ0) is 16.6. The predicted octanol–water partition coefficient (Wildman–Crippen LogP) is 3.28. The van der Waals surface area contributed by atoms with E-state index in [2.05, 4.69) is 21.7 Å². The van der Waals surface area contributed by atoms with Gasteiger partial charge in [0.2, 0.25) is 0 Å². The summed E-state index contributed by atoms with van der Waals surface area (Å²) in [5.41, 5.74) is 2.97. The molecule has 23 heavy (non-hydrogen) atoms. The number of thiophene rings is 1. The topological polar surface area (TPSA) is 35.6 Å². The molecule has 0 radical (unpaired) electrons. The minimum absolute atomic E-state index is 0.115. The highest BCUT2D eigenvalue weighted by molar-refractivity contribution is 7.80. The van der Waals surface area contributed by atoms with Gasteiger partial charge in [-0.05, 0) is 68.2 Å². The molecule has 1 aliphatic carbocycles. The zero-order valence-corrected chi connectivity index (χ0v) is 15.5. The van der Waals surface area contributed by atoms with E-state index in [1.54, 1.807) is 11.3 Å². The molecule has 1 aliphatic heterocycles. The highest BCUT2D eigenvalue weighted by Crippen LogP contribution is 2.38. The molecule has 124 valence electrons. The largest absolute Gasteiger partial charge is 0.351 e. The third-order valence-corrected chi connectivity index (χ3v) is 5.61. The summed E-state index contributed by atoms with van der Waals surface area (Å²) in [5, 5.41) is 8.30. The first kappa shape index (κ1) is 16.5. The first-order valence-corrected chi connectivity index (χ1v) is 9.55. The zero-order valence-electron chi connectivity index (χ0n) is 13.8. The summed E-state index contributed by atoms with van der Waals surface area (Å²) in [7, 11) is 0. The second-order valence-corrected chi connectivity index (χ2v) is 7.18. The van der Waals surface area contributed by atoms with Crippen molar-refractivity contribution in [3.05, 3.63) is 33.7 Å². The van der Waals surface area contributed by atoms with Gasteiger partial charge < -0.3 is 15.1 Å². The quantitative estimate of drug-likeness (QED) is 0.828. The SMILES string of the molecule is CCN(CC)C(=O)C1=C(C)N(C2CC2)C(=S)NC1c1ccsc1. The molecule has 0 aromatic carbocycles. The molecule has 0 bridgehead atoms. The van der Waals surface area contributed by atoms with Gasteiger partial charge in [0.1, 0.15) is 0 Å². The molecule has 1 aromatic rings. The fraction of sp³-hybridized carbons (Fsp3) is 0.529. The number of likely N-dealkylation sites (N-methyl/N-ethyl adjacent to an activating group) is 1. The molecule has 2 aliphatic rings. The second kappa shape index (κ2) is 6.61. The number of carbonyl (C=O) groups is 1. The molecule has 1 N–H and O–H groups in total. The van der Waals surface area contributed by atoms with Gasteiger partial charge in [0.25, 0.3) is 5.91 Å². The van der Waals surface area contributed by atoms with Gasteiger partial charge in [-0.1, -0.05) is 0 Å². The Morgan fingerprint density at radius 3 is 2.65 bits per heavy atom. The number of hydrogen-bond acceptors (Lipinski definition) is 3. The smallest absolute Gasteiger partial charge is 0.253 e. The molecule has 2 heterocycles. The fourth-order valence-corrected chi connectivity index (χ4v) is 4.27. The number of allylic oxidation sites excluding steroid dienone is 1. The van der Waals surface area contributed by atoms with Crippen LogP contribution in [0.4, 0.5) is 0 Å². The van der Waals surface area contributed by atoms with Crippen LogP contribution in [0.15, 0.2) is 28.1 Å². The monoisotopic (exact) mass is 349 g/mol. The van der Waals surface area contributed by atoms with E-state index < -0.39 is 0 Å². The first-order valence-electron chi connectivity index (χ1n) is 8.20. The Hall–Kier alpha value is -1.40. The fourth-order valence-electron chi connectivity index (χ4n) is 3.18. The van der Waals surface area contributed by atoms with Crippen molar-refractivity contribution in [3.8, 4) is 0 Å². The van der Waals surface area contributed by atoms with Crippen LogP contribution in [0.3, 0.4) is 0 Å². The Morgan fingerprint density at radius 1 is 1.43 bits per heavy atom. The van der Waals surface area contributed by atoms with Crippen LogP contribution < -0.4 is 5.32 Å². The van der Waals surface area contributed by atoms with Crippen LogP contribution in [0.2, 0.25) is 0 Å². The maximum atomic E-state index is 13.1. The molecule has 4 nitrogen and oxygen atoms in total. The van der Waals surface area contributed by atoms with E-state index in [0.717, 1.165) is 47.9 Å². The summed E-state index contributed by atoms with van der Waals surface area (Å²) in [4.78, 5) is 17.2. The third kappa shape index (κ3) is 3.02. The molecule has 0 saturated heterocycles. The van der Waals surface area contributed by atoms with E-state index in [4.69, 9.17) is 12.2 Å². The van der Waals surface area contributed by atoms with Crippen molar-refractivity contribution < 1.29 is 4.79 Å². The van der Waals surface area contributed by atoms with E-state index >= 15 is 0 Å². The van der Waals surface area contributed by atoms with Crippen LogP contribution >= 0.6 is 23.6 Å². The van der Waals surface area contributed by atoms with E-state index in [0.29, 0.717) is 6.04 Å². The number of thiocarbonyl (C=S) groups is 1. The summed E-state index contributed by atoms with van der Waals surface area (Å²) in [6, 6.07) is 2.38. The van der Waals surface area contributed by atoms with Gasteiger partial charge in [-0.25, -0.2) is 0 Å². The third-order valence-electron chi connectivity index (χ3n) is 4.60. The molecule has 1 aromatic heterocycles. The molecule has 1 amide bonds. The molecule has 1 unspecified atom stereocenters. The highest BCUT2D eigenvalue weighted by Gasteiger charge is 2.41. The van der Waals surface area contributed by atoms with Crippen LogP contribution in [0.25, 0.3) is 0 Å². The van der Waals surface area contributed by atoms with Gasteiger partial charge in [0.05, 0.1) is 11.6 Å². The summed E-state index contributed by atoms with van der Waals surface area (Å²) in [6.07, 6.45) is 2.30. The first-order chi connectivity index (χ1) is 11.1. The molecular formula is C17H23N3OS2. The average Bonchev–Trinajstić information content (AvgIpc) is 3.20. The number of nitrogens with one attached hydrogen (secondary N) is 1. The van der Waals surface area contributed by atoms with Crippen molar-refractivity contribution in [1.82, 2.24) is 15.1 Å². The van der Waals surface area contributed by atoms with Gasteiger partial charge in [0.15, 0.2) is 5.11 Å². The summed E-state index contributed by atoms with van der Waals surface area (Å²) >= 11 is 7.24. The normalized spacial score (nSPS) is 21.4. The van der Waals surface area contributed by atoms with Crippen molar-refractivity contribution in [2.75, 3.05) is 13.1 Å². The molecule has 3 rings (SSSR count). The Bertz CT molecular complexity index is 630. The van der Waals surface area contributed by atoms with Gasteiger partial charge in [0, 0.05) is 24.8 Å². The Morgan fingerprint density at radius 2 is 2.13 bits per heavy atom. The number of nitrogens with zero attached hydrogens (tertiary/aromatic N) is 2. The molecule has 1 atom stereocenters. The Kier molecular flexibility index (Phi) is 4.73. The van der Waals surface area contributed by atoms with Crippen molar-refractivity contribution in [1.29, 1.82) is 0 Å². The molecule has 1 fully saturated rings. The van der Waals surface area contributed by atoms with E-state index in [9.17, 15) is 4.79 Å². The number of carbonyl (C=O) groups excluding carboxylic acids is 1. The van der Waals surface area contributed by atoms with E-state index in [1.807, 2.05) is 31.1 Å². The predicted molar refractivity (Wildman–Crippen MR) is 98.3 cm³/mol. The van der Waals surface area contributed by atoms with Crippen LogP contribution in [0, 0.1) is 0 Å². The van der Waals surface area contributed by atoms with Crippen LogP contribution in [0.5, 0.6) is 0 Å². The van der Waals surface area contributed by atoms with Crippen molar-refractivity contribution in [2.24, 2.45) is 0 Å². The lowest BCUT2D eigenvalue weighted by Gasteiger charge is -2.39. The van der Waals surface area contributed by atoms with E-state index in [-0.39, 0.29) is 11.9 Å². The molecular weight excluding hydrogens is 326 g/mol. The lowest BCUT2D eigenvalue weighted by molar-refractivity contribution is -0.127. The standard InChI is InChI=1S/C17H23N3OS2/c1-4-19(5-2)16(21)14-11(3)20(13-6-7-13)17(22)18-15(14)12-8-9-23-10-12/h8-10,13,15H,4-7H2,1-3H3,(H,18,22). The van der Waals surface area contributed by atoms with E-state index in [1.165, 1.54) is 0 Å². The molecule has 0 spiro atoms. The maximum Gasteiger partial charge on any atom is 0.253 e. The minimum Gasteiger partial charge on any atom is -0.351 e. The lowest BCUT2D eigenvalue weighted by Crippen LogP contribution is -2.50. The number of amides is 1. The molecule has 6 heteroatoms. The molecule has 1 saturated carbocycles. The number of hydrogen-bond donors (Lipinski definition) is 1. The highest BCUT2D eigenvalue weighted by atomic mass is 32.1. The van der Waals surface area contributed by atoms with Gasteiger partial charge in [-0.3, -0.25) is 4.79 Å². The van der Waals surface area contributed by atoms with Gasteiger partial charge >= 0.3 is 0 Å². The summed E-state index contributed by atoms with van der Waals surface area (Å²) in [5.74, 6) is 0.115. The Balaban J connectivity index is 2.05. The van der Waals surface area contributed by atoms with Crippen LogP contribution in [-0.4, -0.2) is 40.0 Å². The van der Waals surface area contributed by atoms with Gasteiger partial charge in [-0.2, -0.15) is 11.3 Å². The van der Waals surface area contributed by atoms with Gasteiger partial charge in [-0.15, -0.1) is 0 Å². The number of rotatable bonds is 5. The van der Waals surface area contributed by atoms with Crippen molar-refractivity contribution in [2.45, 2.75) is 45.7 Å². The van der Waals surface area contributed by atoms with Crippen LogP contribution in [-0.2, 0) is 4.79 Å². The Labute approximate surface area is 147 Å². The average molecular weight is 350 g/mol. The summed E-state index contributed by atoms with van der Waals surface area (Å²) < 4.78 is 0. The maximum absolute atomic E-state index is 13.1.